The molecule has 1 atom stereocenters. The minimum Gasteiger partial charge on any atom is -0.492 e. The van der Waals surface area contributed by atoms with E-state index in [0.29, 0.717) is 18.8 Å². The van der Waals surface area contributed by atoms with Gasteiger partial charge in [0.05, 0.1) is 4.90 Å². The van der Waals surface area contributed by atoms with Crippen LogP contribution in [0.2, 0.25) is 0 Å². The lowest BCUT2D eigenvalue weighted by Gasteiger charge is -2.21. The summed E-state index contributed by atoms with van der Waals surface area (Å²) in [5, 5.41) is 0. The molecule has 2 aromatic carbocycles. The number of hydroxylamine groups is 1. The summed E-state index contributed by atoms with van der Waals surface area (Å²) in [4.78, 5) is 19.9. The maximum atomic E-state index is 13.3. The highest BCUT2D eigenvalue weighted by Crippen LogP contribution is 2.26. The first-order valence-corrected chi connectivity index (χ1v) is 15.2. The minimum absolute atomic E-state index is 0.167. The number of hydrogen-bond donors (Lipinski definition) is 1. The summed E-state index contributed by atoms with van der Waals surface area (Å²) in [5.74, 6) is 0.336. The number of likely N-dealkylation sites (tertiary alicyclic amines) is 1. The van der Waals surface area contributed by atoms with Crippen LogP contribution in [0.1, 0.15) is 37.7 Å². The van der Waals surface area contributed by atoms with Crippen LogP contribution >= 0.6 is 0 Å². The van der Waals surface area contributed by atoms with Crippen LogP contribution in [0.4, 0.5) is 0 Å². The first-order chi connectivity index (χ1) is 19.5. The summed E-state index contributed by atoms with van der Waals surface area (Å²) in [6.07, 6.45) is 10.5. The predicted octanol–water partition coefficient (Wildman–Crippen LogP) is 4.45. The molecule has 212 valence electrons. The second kappa shape index (κ2) is 13.3. The molecule has 9 nitrogen and oxygen atoms in total. The van der Waals surface area contributed by atoms with E-state index in [0.717, 1.165) is 59.7 Å². The van der Waals surface area contributed by atoms with Crippen molar-refractivity contribution in [3.05, 3.63) is 78.6 Å². The van der Waals surface area contributed by atoms with Crippen LogP contribution in [-0.2, 0) is 24.4 Å². The van der Waals surface area contributed by atoms with Gasteiger partial charge < -0.3 is 9.47 Å². The molecule has 2 aliphatic rings. The number of aromatic nitrogens is 1. The van der Waals surface area contributed by atoms with Crippen molar-refractivity contribution in [1.82, 2.24) is 14.4 Å². The molecule has 40 heavy (non-hydrogen) atoms. The molecular formula is C30H35N3O6S. The molecule has 2 fully saturated rings. The fourth-order valence-electron chi connectivity index (χ4n) is 4.77. The number of hydrogen-bond acceptors (Lipinski definition) is 7. The van der Waals surface area contributed by atoms with E-state index < -0.39 is 22.2 Å². The fraction of sp³-hybridized carbons (Fsp3) is 0.367. The molecule has 3 aromatic rings. The first-order valence-electron chi connectivity index (χ1n) is 13.7. The van der Waals surface area contributed by atoms with Crippen molar-refractivity contribution in [3.63, 3.8) is 0 Å². The zero-order valence-corrected chi connectivity index (χ0v) is 23.2. The molecule has 3 heterocycles. The highest BCUT2D eigenvalue weighted by atomic mass is 32.2. The molecule has 0 aliphatic carbocycles. The van der Waals surface area contributed by atoms with E-state index in [1.165, 1.54) is 37.4 Å². The van der Waals surface area contributed by atoms with Gasteiger partial charge in [0, 0.05) is 38.0 Å². The Morgan fingerprint density at radius 1 is 1.02 bits per heavy atom. The van der Waals surface area contributed by atoms with Gasteiger partial charge in [0.15, 0.2) is 6.29 Å². The molecule has 0 spiro atoms. The van der Waals surface area contributed by atoms with Gasteiger partial charge in [-0.05, 0) is 91.9 Å². The lowest BCUT2D eigenvalue weighted by atomic mass is 10.1. The van der Waals surface area contributed by atoms with E-state index in [1.54, 1.807) is 24.3 Å². The summed E-state index contributed by atoms with van der Waals surface area (Å²) < 4.78 is 39.1. The van der Waals surface area contributed by atoms with Gasteiger partial charge in [0.1, 0.15) is 12.4 Å². The minimum atomic E-state index is -3.83. The third-order valence-corrected chi connectivity index (χ3v) is 8.65. The average Bonchev–Trinajstić information content (AvgIpc) is 3.69. The van der Waals surface area contributed by atoms with Crippen LogP contribution in [0.5, 0.6) is 5.75 Å². The predicted molar refractivity (Wildman–Crippen MR) is 152 cm³/mol. The Bertz CT molecular complexity index is 1410. The molecule has 1 unspecified atom stereocenters. The molecule has 0 saturated carbocycles. The van der Waals surface area contributed by atoms with Crippen molar-refractivity contribution < 1.29 is 27.5 Å². The summed E-state index contributed by atoms with van der Waals surface area (Å²) in [7, 11) is -3.83. The largest absolute Gasteiger partial charge is 0.492 e. The molecule has 1 aromatic heterocycles. The fourth-order valence-corrected chi connectivity index (χ4v) is 6.03. The van der Waals surface area contributed by atoms with E-state index in [4.69, 9.17) is 14.3 Å². The summed E-state index contributed by atoms with van der Waals surface area (Å²) in [6.45, 7) is 4.48. The smallest absolute Gasteiger partial charge is 0.267 e. The topological polar surface area (TPSA) is 99.1 Å². The Morgan fingerprint density at radius 3 is 2.62 bits per heavy atom. The van der Waals surface area contributed by atoms with Gasteiger partial charge in [-0.3, -0.25) is 9.69 Å². The molecule has 10 heteroatoms. The monoisotopic (exact) mass is 565 g/mol. The van der Waals surface area contributed by atoms with Crippen molar-refractivity contribution in [2.45, 2.75) is 43.3 Å². The third-order valence-electron chi connectivity index (χ3n) is 7.02. The van der Waals surface area contributed by atoms with Crippen LogP contribution in [0, 0.1) is 0 Å². The number of carbonyl (C=O) groups excluding carboxylic acids is 1. The summed E-state index contributed by atoms with van der Waals surface area (Å²) in [5.41, 5.74) is 4.59. The van der Waals surface area contributed by atoms with Crippen molar-refractivity contribution in [1.29, 1.82) is 0 Å². The van der Waals surface area contributed by atoms with Crippen LogP contribution < -0.4 is 10.2 Å². The Balaban J connectivity index is 1.18. The molecule has 2 saturated heterocycles. The maximum absolute atomic E-state index is 13.3. The van der Waals surface area contributed by atoms with Gasteiger partial charge in [-0.1, -0.05) is 24.3 Å². The SMILES string of the molecule is O=C(C=Cc1ccn(S(=O)(=O)c2cccc(-c3ccc(OCCN4CCCC4)cc3)c2)c1)NOC1CCCCO1. The Hall–Kier alpha value is -3.44. The van der Waals surface area contributed by atoms with Crippen LogP contribution in [-0.4, -0.2) is 62.3 Å². The van der Waals surface area contributed by atoms with Gasteiger partial charge >= 0.3 is 0 Å². The van der Waals surface area contributed by atoms with E-state index in [2.05, 4.69) is 10.4 Å². The second-order valence-corrected chi connectivity index (χ2v) is 11.8. The quantitative estimate of drug-likeness (QED) is 0.271. The zero-order chi connectivity index (χ0) is 27.8. The standard InChI is InChI=1S/C30H35N3O6S/c34-29(31-39-30-8-1-4-20-38-30)14-9-24-15-18-33(23-24)40(35,36)28-7-5-6-26(22-28)25-10-12-27(13-11-25)37-21-19-32-16-2-3-17-32/h5-7,9-15,18,22-23,30H,1-4,8,16-17,19-21H2,(H,31,34). The van der Waals surface area contributed by atoms with Crippen LogP contribution in [0.3, 0.4) is 0 Å². The summed E-state index contributed by atoms with van der Waals surface area (Å²) in [6, 6.07) is 16.2. The molecule has 0 bridgehead atoms. The molecule has 1 N–H and O–H groups in total. The lowest BCUT2D eigenvalue weighted by Crippen LogP contribution is -2.32. The molecule has 2 aliphatic heterocycles. The maximum Gasteiger partial charge on any atom is 0.267 e. The lowest BCUT2D eigenvalue weighted by molar-refractivity contribution is -0.198. The van der Waals surface area contributed by atoms with E-state index in [1.807, 2.05) is 30.3 Å². The number of rotatable bonds is 11. The van der Waals surface area contributed by atoms with Crippen LogP contribution in [0.15, 0.2) is 78.0 Å². The van der Waals surface area contributed by atoms with Gasteiger partial charge in [-0.25, -0.2) is 22.7 Å². The first kappa shape index (κ1) is 28.1. The van der Waals surface area contributed by atoms with E-state index >= 15 is 0 Å². The van der Waals surface area contributed by atoms with Gasteiger partial charge in [0.25, 0.3) is 15.9 Å². The Labute approximate surface area is 235 Å². The van der Waals surface area contributed by atoms with Gasteiger partial charge in [0.2, 0.25) is 0 Å². The van der Waals surface area contributed by atoms with E-state index in [-0.39, 0.29) is 4.90 Å². The number of benzene rings is 2. The number of ether oxygens (including phenoxy) is 2. The number of nitrogens with zero attached hydrogens (tertiary/aromatic N) is 2. The average molecular weight is 566 g/mol. The van der Waals surface area contributed by atoms with Crippen LogP contribution in [0.25, 0.3) is 17.2 Å². The molecule has 0 radical (unpaired) electrons. The Morgan fingerprint density at radius 2 is 1.85 bits per heavy atom. The number of amides is 1. The van der Waals surface area contributed by atoms with Gasteiger partial charge in [-0.2, -0.15) is 0 Å². The Kier molecular flexibility index (Phi) is 9.33. The van der Waals surface area contributed by atoms with Crippen molar-refractivity contribution in [2.75, 3.05) is 32.8 Å². The van der Waals surface area contributed by atoms with Crippen molar-refractivity contribution in [3.8, 4) is 16.9 Å². The molecule has 1 amide bonds. The van der Waals surface area contributed by atoms with E-state index in [9.17, 15) is 13.2 Å². The molecule has 5 rings (SSSR count). The van der Waals surface area contributed by atoms with Crippen molar-refractivity contribution in [2.24, 2.45) is 0 Å². The zero-order valence-electron chi connectivity index (χ0n) is 22.4. The number of carbonyl (C=O) groups is 1. The summed E-state index contributed by atoms with van der Waals surface area (Å²) >= 11 is 0. The van der Waals surface area contributed by atoms with Crippen molar-refractivity contribution >= 4 is 22.0 Å². The second-order valence-electron chi connectivity index (χ2n) is 9.94. The van der Waals surface area contributed by atoms with Gasteiger partial charge in [-0.15, -0.1) is 0 Å². The molecular weight excluding hydrogens is 530 g/mol. The third kappa shape index (κ3) is 7.39. The number of nitrogens with one attached hydrogen (secondary N) is 1. The highest BCUT2D eigenvalue weighted by molar-refractivity contribution is 7.90. The highest BCUT2D eigenvalue weighted by Gasteiger charge is 2.18. The normalized spacial score (nSPS) is 18.2.